The Labute approximate surface area is 116 Å². The van der Waals surface area contributed by atoms with E-state index in [0.717, 1.165) is 22.8 Å². The van der Waals surface area contributed by atoms with Gasteiger partial charge in [0.1, 0.15) is 0 Å². The van der Waals surface area contributed by atoms with Gasteiger partial charge in [0, 0.05) is 17.1 Å². The average molecular weight is 263 g/mol. The summed E-state index contributed by atoms with van der Waals surface area (Å²) in [4.78, 5) is 23.5. The zero-order chi connectivity index (χ0) is 13.9. The third-order valence-corrected chi connectivity index (χ3v) is 3.34. The van der Waals surface area contributed by atoms with Crippen LogP contribution >= 0.6 is 0 Å². The van der Waals surface area contributed by atoms with E-state index >= 15 is 0 Å². The maximum Gasteiger partial charge on any atom is 0.235 e. The molecule has 0 unspecified atom stereocenters. The number of nitrogens with zero attached hydrogens (tertiary/aromatic N) is 1. The van der Waals surface area contributed by atoms with Gasteiger partial charge in [0.05, 0.1) is 11.9 Å². The van der Waals surface area contributed by atoms with E-state index in [1.165, 1.54) is 0 Å². The third-order valence-electron chi connectivity index (χ3n) is 3.34. The molecule has 0 bridgehead atoms. The van der Waals surface area contributed by atoms with Crippen LogP contribution in [0.3, 0.4) is 0 Å². The lowest BCUT2D eigenvalue weighted by atomic mass is 10.1. The van der Waals surface area contributed by atoms with E-state index in [2.05, 4.69) is 0 Å². The average Bonchev–Trinajstić information content (AvgIpc) is 2.87. The number of hydrogen-bond acceptors (Lipinski definition) is 2. The number of rotatable bonds is 3. The quantitative estimate of drug-likeness (QED) is 0.680. The monoisotopic (exact) mass is 263 g/mol. The molecule has 0 saturated heterocycles. The first-order valence-electron chi connectivity index (χ1n) is 6.42. The normalized spacial score (nSPS) is 10.6. The van der Waals surface area contributed by atoms with Gasteiger partial charge in [-0.15, -0.1) is 0 Å². The second kappa shape index (κ2) is 5.13. The minimum absolute atomic E-state index is 0.0412. The Balaban J connectivity index is 2.02. The minimum atomic E-state index is -0.0412. The topological polar surface area (TPSA) is 39.1 Å². The molecular formula is C17H13NO2. The smallest absolute Gasteiger partial charge is 0.235 e. The SMILES string of the molecule is O=Cc1cn(C(=O)Cc2ccccc2)c2ccccc12. The molecule has 0 radical (unpaired) electrons. The summed E-state index contributed by atoms with van der Waals surface area (Å²) < 4.78 is 1.56. The first-order chi connectivity index (χ1) is 9.79. The molecule has 0 aliphatic heterocycles. The molecule has 20 heavy (non-hydrogen) atoms. The molecule has 0 atom stereocenters. The summed E-state index contributed by atoms with van der Waals surface area (Å²) in [5.74, 6) is -0.0412. The summed E-state index contributed by atoms with van der Waals surface area (Å²) in [7, 11) is 0. The van der Waals surface area contributed by atoms with E-state index < -0.39 is 0 Å². The summed E-state index contributed by atoms with van der Waals surface area (Å²) in [6.45, 7) is 0. The van der Waals surface area contributed by atoms with Crippen LogP contribution in [0.4, 0.5) is 0 Å². The Morgan fingerprint density at radius 2 is 1.70 bits per heavy atom. The zero-order valence-electron chi connectivity index (χ0n) is 10.8. The number of aldehydes is 1. The van der Waals surface area contributed by atoms with Crippen molar-refractivity contribution in [3.63, 3.8) is 0 Å². The number of fused-ring (bicyclic) bond motifs is 1. The lowest BCUT2D eigenvalue weighted by Gasteiger charge is -2.04. The third kappa shape index (κ3) is 2.14. The van der Waals surface area contributed by atoms with E-state index in [1.807, 2.05) is 54.6 Å². The number of para-hydroxylation sites is 1. The molecule has 1 heterocycles. The minimum Gasteiger partial charge on any atom is -0.298 e. The van der Waals surface area contributed by atoms with Crippen LogP contribution in [0.25, 0.3) is 10.9 Å². The summed E-state index contributed by atoms with van der Waals surface area (Å²) in [5.41, 5.74) is 2.28. The highest BCUT2D eigenvalue weighted by molar-refractivity contribution is 6.02. The standard InChI is InChI=1S/C17H13NO2/c19-12-14-11-18(16-9-5-4-8-15(14)16)17(20)10-13-6-2-1-3-7-13/h1-9,11-12H,10H2. The van der Waals surface area contributed by atoms with Crippen LogP contribution in [-0.4, -0.2) is 16.8 Å². The van der Waals surface area contributed by atoms with Crippen molar-refractivity contribution in [2.75, 3.05) is 0 Å². The Kier molecular flexibility index (Phi) is 3.17. The zero-order valence-corrected chi connectivity index (χ0v) is 10.8. The summed E-state index contributed by atoms with van der Waals surface area (Å²) in [6, 6.07) is 17.0. The Hall–Kier alpha value is -2.68. The first kappa shape index (κ1) is 12.4. The Morgan fingerprint density at radius 1 is 1.00 bits per heavy atom. The molecule has 98 valence electrons. The predicted molar refractivity (Wildman–Crippen MR) is 78.1 cm³/mol. The molecule has 0 fully saturated rings. The summed E-state index contributed by atoms with van der Waals surface area (Å²) in [5, 5.41) is 0.809. The maximum absolute atomic E-state index is 12.4. The van der Waals surface area contributed by atoms with Gasteiger partial charge in [-0.25, -0.2) is 0 Å². The van der Waals surface area contributed by atoms with Crippen LogP contribution in [0.15, 0.2) is 60.8 Å². The molecule has 3 rings (SSSR count). The molecule has 2 aromatic carbocycles. The predicted octanol–water partition coefficient (Wildman–Crippen LogP) is 3.34. The van der Waals surface area contributed by atoms with E-state index in [0.29, 0.717) is 12.0 Å². The molecule has 0 aliphatic rings. The molecule has 0 aliphatic carbocycles. The van der Waals surface area contributed by atoms with Crippen molar-refractivity contribution in [1.82, 2.24) is 4.57 Å². The van der Waals surface area contributed by atoms with E-state index in [1.54, 1.807) is 10.8 Å². The van der Waals surface area contributed by atoms with Crippen molar-refractivity contribution >= 4 is 23.1 Å². The number of aromatic nitrogens is 1. The summed E-state index contributed by atoms with van der Waals surface area (Å²) >= 11 is 0. The molecule has 1 aromatic heterocycles. The van der Waals surface area contributed by atoms with Crippen LogP contribution in [0.2, 0.25) is 0 Å². The van der Waals surface area contributed by atoms with E-state index in [-0.39, 0.29) is 5.91 Å². The van der Waals surface area contributed by atoms with Crippen molar-refractivity contribution in [1.29, 1.82) is 0 Å². The second-order valence-electron chi connectivity index (χ2n) is 4.65. The van der Waals surface area contributed by atoms with Crippen molar-refractivity contribution in [2.45, 2.75) is 6.42 Å². The largest absolute Gasteiger partial charge is 0.298 e. The van der Waals surface area contributed by atoms with Crippen molar-refractivity contribution in [3.05, 3.63) is 71.9 Å². The van der Waals surface area contributed by atoms with Crippen LogP contribution in [0.1, 0.15) is 20.7 Å². The second-order valence-corrected chi connectivity index (χ2v) is 4.65. The molecule has 0 spiro atoms. The molecule has 3 aromatic rings. The lowest BCUT2D eigenvalue weighted by Crippen LogP contribution is -2.12. The van der Waals surface area contributed by atoms with Gasteiger partial charge in [-0.1, -0.05) is 48.5 Å². The van der Waals surface area contributed by atoms with Gasteiger partial charge in [0.25, 0.3) is 0 Å². The van der Waals surface area contributed by atoms with Crippen molar-refractivity contribution in [3.8, 4) is 0 Å². The number of hydrogen-bond donors (Lipinski definition) is 0. The summed E-state index contributed by atoms with van der Waals surface area (Å²) in [6.07, 6.45) is 2.72. The molecule has 0 amide bonds. The van der Waals surface area contributed by atoms with Crippen LogP contribution in [0, 0.1) is 0 Å². The van der Waals surface area contributed by atoms with Gasteiger partial charge in [0.15, 0.2) is 6.29 Å². The van der Waals surface area contributed by atoms with Gasteiger partial charge in [-0.2, -0.15) is 0 Å². The van der Waals surface area contributed by atoms with Gasteiger partial charge >= 0.3 is 0 Å². The van der Waals surface area contributed by atoms with Gasteiger partial charge in [-0.05, 0) is 11.6 Å². The lowest BCUT2D eigenvalue weighted by molar-refractivity contribution is 0.0919. The highest BCUT2D eigenvalue weighted by Crippen LogP contribution is 2.20. The maximum atomic E-state index is 12.4. The highest BCUT2D eigenvalue weighted by atomic mass is 16.2. The van der Waals surface area contributed by atoms with Gasteiger partial charge < -0.3 is 0 Å². The molecule has 3 nitrogen and oxygen atoms in total. The van der Waals surface area contributed by atoms with E-state index in [4.69, 9.17) is 0 Å². The van der Waals surface area contributed by atoms with Gasteiger partial charge in [-0.3, -0.25) is 14.2 Å². The van der Waals surface area contributed by atoms with Crippen LogP contribution in [0.5, 0.6) is 0 Å². The molecule has 3 heteroatoms. The van der Waals surface area contributed by atoms with Crippen LogP contribution in [-0.2, 0) is 6.42 Å². The Bertz CT molecular complexity index is 772. The Morgan fingerprint density at radius 3 is 2.45 bits per heavy atom. The number of benzene rings is 2. The van der Waals surface area contributed by atoms with E-state index in [9.17, 15) is 9.59 Å². The fraction of sp³-hybridized carbons (Fsp3) is 0.0588. The molecule has 0 N–H and O–H groups in total. The molecular weight excluding hydrogens is 250 g/mol. The molecule has 0 saturated carbocycles. The van der Waals surface area contributed by atoms with Gasteiger partial charge in [0.2, 0.25) is 5.91 Å². The number of carbonyl (C=O) groups excluding carboxylic acids is 2. The fourth-order valence-electron chi connectivity index (χ4n) is 2.36. The van der Waals surface area contributed by atoms with Crippen molar-refractivity contribution in [2.24, 2.45) is 0 Å². The first-order valence-corrected chi connectivity index (χ1v) is 6.42. The van der Waals surface area contributed by atoms with Crippen LogP contribution < -0.4 is 0 Å². The fourth-order valence-corrected chi connectivity index (χ4v) is 2.36. The number of carbonyl (C=O) groups is 2. The highest BCUT2D eigenvalue weighted by Gasteiger charge is 2.13. The van der Waals surface area contributed by atoms with Crippen molar-refractivity contribution < 1.29 is 9.59 Å².